The van der Waals surface area contributed by atoms with E-state index in [0.717, 1.165) is 0 Å². The summed E-state index contributed by atoms with van der Waals surface area (Å²) in [6.07, 6.45) is 2.26. The molecule has 23 heavy (non-hydrogen) atoms. The van der Waals surface area contributed by atoms with E-state index in [1.54, 1.807) is 30.3 Å². The zero-order chi connectivity index (χ0) is 16.7. The Morgan fingerprint density at radius 1 is 1.22 bits per heavy atom. The van der Waals surface area contributed by atoms with E-state index >= 15 is 0 Å². The van der Waals surface area contributed by atoms with Crippen molar-refractivity contribution in [1.29, 1.82) is 0 Å². The molecule has 1 aromatic carbocycles. The number of nitrogens with one attached hydrogen (secondary N) is 1. The predicted octanol–water partition coefficient (Wildman–Crippen LogP) is 2.79. The number of rotatable bonds is 7. The molecule has 0 radical (unpaired) electrons. The van der Waals surface area contributed by atoms with Crippen molar-refractivity contribution in [1.82, 2.24) is 4.98 Å². The highest BCUT2D eigenvalue weighted by molar-refractivity contribution is 5.94. The third kappa shape index (κ3) is 5.10. The van der Waals surface area contributed by atoms with Crippen LogP contribution in [0.5, 0.6) is 11.5 Å². The number of anilines is 1. The molecule has 120 valence electrons. The summed E-state index contributed by atoms with van der Waals surface area (Å²) >= 11 is 0. The van der Waals surface area contributed by atoms with E-state index < -0.39 is 0 Å². The van der Waals surface area contributed by atoms with Gasteiger partial charge in [-0.3, -0.25) is 9.59 Å². The molecule has 0 aliphatic rings. The molecule has 0 aliphatic carbocycles. The second kappa shape index (κ2) is 7.93. The summed E-state index contributed by atoms with van der Waals surface area (Å²) in [4.78, 5) is 26.8. The fraction of sp³-hybridized carbons (Fsp3) is 0.235. The zero-order valence-corrected chi connectivity index (χ0v) is 12.8. The fourth-order valence-corrected chi connectivity index (χ4v) is 1.90. The van der Waals surface area contributed by atoms with Gasteiger partial charge in [0, 0.05) is 18.2 Å². The lowest BCUT2D eigenvalue weighted by atomic mass is 10.1. The molecule has 2 rings (SSSR count). The maximum atomic E-state index is 11.7. The van der Waals surface area contributed by atoms with Gasteiger partial charge < -0.3 is 15.2 Å². The van der Waals surface area contributed by atoms with Crippen LogP contribution in [0.15, 0.2) is 42.6 Å². The number of Topliss-reactive ketones (excluding diaryl/α,β-unsaturated/α-hetero) is 1. The van der Waals surface area contributed by atoms with Gasteiger partial charge in [-0.05, 0) is 49.7 Å². The Morgan fingerprint density at radius 2 is 1.96 bits per heavy atom. The minimum absolute atomic E-state index is 0.00555. The number of ether oxygens (including phenoxy) is 1. The minimum atomic E-state index is -0.241. The molecule has 0 atom stereocenters. The van der Waals surface area contributed by atoms with Gasteiger partial charge in [-0.1, -0.05) is 0 Å². The molecular formula is C17H18N2O4. The highest BCUT2D eigenvalue weighted by Gasteiger charge is 2.07. The summed E-state index contributed by atoms with van der Waals surface area (Å²) in [7, 11) is 0. The maximum absolute atomic E-state index is 11.7. The van der Waals surface area contributed by atoms with Gasteiger partial charge in [-0.15, -0.1) is 0 Å². The van der Waals surface area contributed by atoms with E-state index in [0.29, 0.717) is 24.3 Å². The summed E-state index contributed by atoms with van der Waals surface area (Å²) in [5.41, 5.74) is 0.631. The molecule has 0 saturated heterocycles. The number of hydrogen-bond acceptors (Lipinski definition) is 5. The van der Waals surface area contributed by atoms with Crippen LogP contribution in [0.2, 0.25) is 0 Å². The van der Waals surface area contributed by atoms with Gasteiger partial charge in [0.05, 0.1) is 6.61 Å². The van der Waals surface area contributed by atoms with Crippen molar-refractivity contribution in [3.8, 4) is 11.5 Å². The molecule has 1 aromatic heterocycles. The average molecular weight is 314 g/mol. The highest BCUT2D eigenvalue weighted by Crippen LogP contribution is 2.18. The lowest BCUT2D eigenvalue weighted by Crippen LogP contribution is -2.13. The van der Waals surface area contributed by atoms with Crippen LogP contribution in [0, 0.1) is 0 Å². The molecule has 0 spiro atoms. The number of benzene rings is 1. The van der Waals surface area contributed by atoms with Crippen molar-refractivity contribution in [2.24, 2.45) is 0 Å². The van der Waals surface area contributed by atoms with Gasteiger partial charge in [0.15, 0.2) is 17.4 Å². The molecule has 0 aliphatic heterocycles. The molecule has 1 amide bonds. The van der Waals surface area contributed by atoms with E-state index in [9.17, 15) is 14.7 Å². The van der Waals surface area contributed by atoms with E-state index in [1.165, 1.54) is 19.2 Å². The summed E-state index contributed by atoms with van der Waals surface area (Å²) in [6.45, 7) is 1.88. The van der Waals surface area contributed by atoms with Crippen LogP contribution in [0.4, 0.5) is 5.82 Å². The number of ketones is 1. The van der Waals surface area contributed by atoms with Crippen LogP contribution in [0.3, 0.4) is 0 Å². The standard InChI is InChI=1S/C17H18N2O4/c1-12(20)13-6-8-14(9-7-13)23-11-3-5-16(22)19-17-15(21)4-2-10-18-17/h2,4,6-10,21H,3,5,11H2,1H3,(H,18,19,22). The topological polar surface area (TPSA) is 88.5 Å². The summed E-state index contributed by atoms with van der Waals surface area (Å²) in [6, 6.07) is 9.89. The molecule has 1 heterocycles. The van der Waals surface area contributed by atoms with Crippen molar-refractivity contribution >= 4 is 17.5 Å². The first-order chi connectivity index (χ1) is 11.1. The van der Waals surface area contributed by atoms with Crippen molar-refractivity contribution in [2.45, 2.75) is 19.8 Å². The summed E-state index contributed by atoms with van der Waals surface area (Å²) in [5.74, 6) is 0.499. The van der Waals surface area contributed by atoms with Crippen molar-refractivity contribution < 1.29 is 19.4 Å². The molecule has 2 N–H and O–H groups in total. The number of carbonyl (C=O) groups excluding carboxylic acids is 2. The Bertz CT molecular complexity index is 683. The van der Waals surface area contributed by atoms with Gasteiger partial charge in [0.1, 0.15) is 5.75 Å². The summed E-state index contributed by atoms with van der Waals surface area (Å²) < 4.78 is 5.51. The number of nitrogens with zero attached hydrogens (tertiary/aromatic N) is 1. The maximum Gasteiger partial charge on any atom is 0.225 e. The van der Waals surface area contributed by atoms with E-state index in [-0.39, 0.29) is 29.7 Å². The van der Waals surface area contributed by atoms with Crippen molar-refractivity contribution in [3.63, 3.8) is 0 Å². The lowest BCUT2D eigenvalue weighted by molar-refractivity contribution is -0.116. The molecule has 0 unspecified atom stereocenters. The predicted molar refractivity (Wildman–Crippen MR) is 85.7 cm³/mol. The number of amides is 1. The Hall–Kier alpha value is -2.89. The van der Waals surface area contributed by atoms with Crippen LogP contribution in [0.1, 0.15) is 30.1 Å². The smallest absolute Gasteiger partial charge is 0.225 e. The first-order valence-electron chi connectivity index (χ1n) is 7.24. The van der Waals surface area contributed by atoms with E-state index in [1.807, 2.05) is 0 Å². The zero-order valence-electron chi connectivity index (χ0n) is 12.8. The largest absolute Gasteiger partial charge is 0.504 e. The normalized spacial score (nSPS) is 10.1. The molecule has 0 bridgehead atoms. The van der Waals surface area contributed by atoms with Crippen molar-refractivity contribution in [2.75, 3.05) is 11.9 Å². The van der Waals surface area contributed by atoms with Crippen LogP contribution in [-0.4, -0.2) is 28.4 Å². The number of hydrogen-bond donors (Lipinski definition) is 2. The van der Waals surface area contributed by atoms with Gasteiger partial charge in [0.2, 0.25) is 5.91 Å². The Morgan fingerprint density at radius 3 is 2.61 bits per heavy atom. The van der Waals surface area contributed by atoms with Gasteiger partial charge >= 0.3 is 0 Å². The monoisotopic (exact) mass is 314 g/mol. The van der Waals surface area contributed by atoms with Crippen LogP contribution in [-0.2, 0) is 4.79 Å². The Kier molecular flexibility index (Phi) is 5.68. The molecular weight excluding hydrogens is 296 g/mol. The number of aromatic hydroxyl groups is 1. The third-order valence-corrected chi connectivity index (χ3v) is 3.12. The number of carbonyl (C=O) groups is 2. The Labute approximate surface area is 134 Å². The van der Waals surface area contributed by atoms with E-state index in [4.69, 9.17) is 4.74 Å². The van der Waals surface area contributed by atoms with Crippen LogP contribution >= 0.6 is 0 Å². The van der Waals surface area contributed by atoms with Gasteiger partial charge in [-0.2, -0.15) is 0 Å². The molecule has 0 saturated carbocycles. The number of aromatic nitrogens is 1. The fourth-order valence-electron chi connectivity index (χ4n) is 1.90. The second-order valence-corrected chi connectivity index (χ2v) is 4.95. The minimum Gasteiger partial charge on any atom is -0.504 e. The summed E-state index contributed by atoms with van der Waals surface area (Å²) in [5, 5.41) is 12.1. The first-order valence-corrected chi connectivity index (χ1v) is 7.24. The van der Waals surface area contributed by atoms with Crippen LogP contribution < -0.4 is 10.1 Å². The second-order valence-electron chi connectivity index (χ2n) is 4.95. The molecule has 6 nitrogen and oxygen atoms in total. The van der Waals surface area contributed by atoms with Gasteiger partial charge in [0.25, 0.3) is 0 Å². The molecule has 0 fully saturated rings. The van der Waals surface area contributed by atoms with Crippen molar-refractivity contribution in [3.05, 3.63) is 48.2 Å². The highest BCUT2D eigenvalue weighted by atomic mass is 16.5. The molecule has 6 heteroatoms. The third-order valence-electron chi connectivity index (χ3n) is 3.12. The van der Waals surface area contributed by atoms with Gasteiger partial charge in [-0.25, -0.2) is 4.98 Å². The Balaban J connectivity index is 1.71. The first kappa shape index (κ1) is 16.5. The van der Waals surface area contributed by atoms with E-state index in [2.05, 4.69) is 10.3 Å². The lowest BCUT2D eigenvalue weighted by Gasteiger charge is -2.07. The quantitative estimate of drug-likeness (QED) is 0.606. The molecule has 2 aromatic rings. The van der Waals surface area contributed by atoms with Crippen LogP contribution in [0.25, 0.3) is 0 Å². The number of pyridine rings is 1. The SMILES string of the molecule is CC(=O)c1ccc(OCCCC(=O)Nc2ncccc2O)cc1. The average Bonchev–Trinajstić information content (AvgIpc) is 2.54.